The standard InChI is InChI=1S/C14H19F3N2S/c1-8(13(2,3)4)19-9-5-6-11(14(15,16)17)10(7-9)12(18)20/h5-8,19H,1-4H3,(H2,18,20). The summed E-state index contributed by atoms with van der Waals surface area (Å²) >= 11 is 4.72. The summed E-state index contributed by atoms with van der Waals surface area (Å²) in [6.45, 7) is 8.10. The molecule has 0 amide bonds. The van der Waals surface area contributed by atoms with Gasteiger partial charge in [-0.15, -0.1) is 0 Å². The van der Waals surface area contributed by atoms with Crippen LogP contribution in [0.25, 0.3) is 0 Å². The van der Waals surface area contributed by atoms with Crippen molar-refractivity contribution in [3.63, 3.8) is 0 Å². The zero-order chi connectivity index (χ0) is 15.7. The van der Waals surface area contributed by atoms with Crippen LogP contribution in [0.1, 0.15) is 38.8 Å². The number of anilines is 1. The van der Waals surface area contributed by atoms with E-state index in [1.54, 1.807) is 0 Å². The highest BCUT2D eigenvalue weighted by Gasteiger charge is 2.34. The quantitative estimate of drug-likeness (QED) is 0.823. The van der Waals surface area contributed by atoms with Gasteiger partial charge in [0.1, 0.15) is 4.99 Å². The third-order valence-corrected chi connectivity index (χ3v) is 3.49. The molecule has 0 aliphatic heterocycles. The van der Waals surface area contributed by atoms with Crippen molar-refractivity contribution in [1.82, 2.24) is 0 Å². The monoisotopic (exact) mass is 304 g/mol. The van der Waals surface area contributed by atoms with Crippen molar-refractivity contribution in [2.45, 2.75) is 39.9 Å². The van der Waals surface area contributed by atoms with E-state index < -0.39 is 11.7 Å². The largest absolute Gasteiger partial charge is 0.417 e. The van der Waals surface area contributed by atoms with Gasteiger partial charge in [-0.1, -0.05) is 33.0 Å². The van der Waals surface area contributed by atoms with Crippen LogP contribution in [0.2, 0.25) is 0 Å². The molecule has 0 heterocycles. The minimum absolute atomic E-state index is 0.0217. The molecule has 0 bridgehead atoms. The number of alkyl halides is 3. The summed E-state index contributed by atoms with van der Waals surface area (Å²) in [7, 11) is 0. The number of nitrogens with two attached hydrogens (primary N) is 1. The third-order valence-electron chi connectivity index (χ3n) is 3.27. The molecule has 1 aromatic carbocycles. The number of nitrogens with one attached hydrogen (secondary N) is 1. The Balaban J connectivity index is 3.15. The Bertz CT molecular complexity index is 504. The molecule has 0 radical (unpaired) electrons. The smallest absolute Gasteiger partial charge is 0.389 e. The van der Waals surface area contributed by atoms with Crippen LogP contribution in [0.15, 0.2) is 18.2 Å². The van der Waals surface area contributed by atoms with E-state index in [1.165, 1.54) is 12.1 Å². The van der Waals surface area contributed by atoms with Gasteiger partial charge in [-0.25, -0.2) is 0 Å². The van der Waals surface area contributed by atoms with Gasteiger partial charge in [0.05, 0.1) is 5.56 Å². The van der Waals surface area contributed by atoms with Gasteiger partial charge in [0.2, 0.25) is 0 Å². The molecule has 0 fully saturated rings. The van der Waals surface area contributed by atoms with Crippen molar-refractivity contribution in [2.24, 2.45) is 11.1 Å². The zero-order valence-corrected chi connectivity index (χ0v) is 12.7. The predicted octanol–water partition coefficient (Wildman–Crippen LogP) is 4.19. The molecule has 3 N–H and O–H groups in total. The number of halogens is 3. The molecular formula is C14H19F3N2S. The van der Waals surface area contributed by atoms with E-state index in [1.807, 2.05) is 27.7 Å². The molecule has 20 heavy (non-hydrogen) atoms. The molecule has 6 heteroatoms. The summed E-state index contributed by atoms with van der Waals surface area (Å²) in [5.74, 6) is 0. The first-order valence-electron chi connectivity index (χ1n) is 6.20. The minimum atomic E-state index is -4.47. The summed E-state index contributed by atoms with van der Waals surface area (Å²) < 4.78 is 38.6. The molecule has 0 saturated heterocycles. The second kappa shape index (κ2) is 5.60. The lowest BCUT2D eigenvalue weighted by molar-refractivity contribution is -0.137. The van der Waals surface area contributed by atoms with Gasteiger partial charge in [-0.05, 0) is 30.5 Å². The Hall–Kier alpha value is -1.30. The first-order valence-corrected chi connectivity index (χ1v) is 6.61. The molecule has 1 rings (SSSR count). The first-order chi connectivity index (χ1) is 8.93. The van der Waals surface area contributed by atoms with Crippen LogP contribution in [-0.4, -0.2) is 11.0 Å². The third kappa shape index (κ3) is 4.10. The number of rotatable bonds is 3. The Labute approximate surface area is 122 Å². The molecule has 0 aromatic heterocycles. The van der Waals surface area contributed by atoms with E-state index in [0.29, 0.717) is 5.69 Å². The average molecular weight is 304 g/mol. The van der Waals surface area contributed by atoms with Crippen molar-refractivity contribution in [2.75, 3.05) is 5.32 Å². The molecule has 1 aromatic rings. The molecule has 2 nitrogen and oxygen atoms in total. The number of benzene rings is 1. The van der Waals surface area contributed by atoms with Crippen molar-refractivity contribution in [1.29, 1.82) is 0 Å². The highest BCUT2D eigenvalue weighted by atomic mass is 32.1. The fourth-order valence-corrected chi connectivity index (χ4v) is 1.72. The molecule has 0 spiro atoms. The van der Waals surface area contributed by atoms with Crippen LogP contribution in [0.4, 0.5) is 18.9 Å². The van der Waals surface area contributed by atoms with Crippen molar-refractivity contribution >= 4 is 22.9 Å². The van der Waals surface area contributed by atoms with Crippen LogP contribution in [0, 0.1) is 5.41 Å². The van der Waals surface area contributed by atoms with Gasteiger partial charge in [0, 0.05) is 17.3 Å². The second-order valence-corrected chi connectivity index (χ2v) is 6.29. The van der Waals surface area contributed by atoms with E-state index in [0.717, 1.165) is 6.07 Å². The summed E-state index contributed by atoms with van der Waals surface area (Å²) in [6.07, 6.45) is -4.47. The van der Waals surface area contributed by atoms with Gasteiger partial charge < -0.3 is 11.1 Å². The molecule has 112 valence electrons. The minimum Gasteiger partial charge on any atom is -0.389 e. The highest BCUT2D eigenvalue weighted by Crippen LogP contribution is 2.34. The first kappa shape index (κ1) is 16.8. The molecular weight excluding hydrogens is 285 g/mol. The Kier molecular flexibility index (Phi) is 4.69. The topological polar surface area (TPSA) is 38.0 Å². The Morgan fingerprint density at radius 1 is 1.25 bits per heavy atom. The Morgan fingerprint density at radius 2 is 1.80 bits per heavy atom. The van der Waals surface area contributed by atoms with Crippen LogP contribution in [-0.2, 0) is 6.18 Å². The van der Waals surface area contributed by atoms with E-state index in [-0.39, 0.29) is 22.0 Å². The maximum absolute atomic E-state index is 12.9. The average Bonchev–Trinajstić information content (AvgIpc) is 2.25. The maximum atomic E-state index is 12.9. The Morgan fingerprint density at radius 3 is 2.20 bits per heavy atom. The van der Waals surface area contributed by atoms with Crippen LogP contribution in [0.3, 0.4) is 0 Å². The fraction of sp³-hybridized carbons (Fsp3) is 0.500. The zero-order valence-electron chi connectivity index (χ0n) is 11.9. The van der Waals surface area contributed by atoms with E-state index in [2.05, 4.69) is 5.32 Å². The van der Waals surface area contributed by atoms with Crippen molar-refractivity contribution < 1.29 is 13.2 Å². The van der Waals surface area contributed by atoms with E-state index in [9.17, 15) is 13.2 Å². The van der Waals surface area contributed by atoms with Gasteiger partial charge >= 0.3 is 6.18 Å². The van der Waals surface area contributed by atoms with Crippen LogP contribution >= 0.6 is 12.2 Å². The number of thiocarbonyl (C=S) groups is 1. The SMILES string of the molecule is CC(Nc1ccc(C(F)(F)F)c(C(N)=S)c1)C(C)(C)C. The van der Waals surface area contributed by atoms with Gasteiger partial charge in [0.25, 0.3) is 0 Å². The summed E-state index contributed by atoms with van der Waals surface area (Å²) in [6, 6.07) is 3.84. The van der Waals surface area contributed by atoms with Gasteiger partial charge in [0.15, 0.2) is 0 Å². The lowest BCUT2D eigenvalue weighted by Crippen LogP contribution is -2.31. The molecule has 0 aliphatic rings. The van der Waals surface area contributed by atoms with Crippen molar-refractivity contribution in [3.05, 3.63) is 29.3 Å². The lowest BCUT2D eigenvalue weighted by Gasteiger charge is -2.29. The molecule has 1 unspecified atom stereocenters. The normalized spacial score (nSPS) is 13.9. The second-order valence-electron chi connectivity index (χ2n) is 5.85. The van der Waals surface area contributed by atoms with E-state index in [4.69, 9.17) is 18.0 Å². The van der Waals surface area contributed by atoms with Crippen molar-refractivity contribution in [3.8, 4) is 0 Å². The van der Waals surface area contributed by atoms with Crippen LogP contribution in [0.5, 0.6) is 0 Å². The predicted molar refractivity (Wildman–Crippen MR) is 79.9 cm³/mol. The summed E-state index contributed by atoms with van der Waals surface area (Å²) in [5.41, 5.74) is 4.99. The maximum Gasteiger partial charge on any atom is 0.417 e. The molecule has 0 saturated carbocycles. The summed E-state index contributed by atoms with van der Waals surface area (Å²) in [4.78, 5) is -0.260. The highest BCUT2D eigenvalue weighted by molar-refractivity contribution is 7.80. The summed E-state index contributed by atoms with van der Waals surface area (Å²) in [5, 5.41) is 3.17. The molecule has 0 aliphatic carbocycles. The van der Waals surface area contributed by atoms with Crippen LogP contribution < -0.4 is 11.1 Å². The lowest BCUT2D eigenvalue weighted by atomic mass is 9.88. The number of hydrogen-bond donors (Lipinski definition) is 2. The number of hydrogen-bond acceptors (Lipinski definition) is 2. The van der Waals surface area contributed by atoms with E-state index >= 15 is 0 Å². The fourth-order valence-electron chi connectivity index (χ4n) is 1.55. The van der Waals surface area contributed by atoms with Gasteiger partial charge in [-0.2, -0.15) is 13.2 Å². The molecule has 1 atom stereocenters. The van der Waals surface area contributed by atoms with Gasteiger partial charge in [-0.3, -0.25) is 0 Å².